The van der Waals surface area contributed by atoms with E-state index < -0.39 is 11.9 Å². The molecule has 2 aliphatic rings. The molecule has 0 saturated carbocycles. The molecule has 2 saturated heterocycles. The molecule has 2 fully saturated rings. The fraction of sp³-hybridized carbons (Fsp3) is 0.625. The zero-order valence-electron chi connectivity index (χ0n) is 20.9. The second-order valence-corrected chi connectivity index (χ2v) is 9.74. The lowest BCUT2D eigenvalue weighted by atomic mass is 10.1. The zero-order valence-corrected chi connectivity index (χ0v) is 20.9. The van der Waals surface area contributed by atoms with Crippen molar-refractivity contribution < 1.29 is 4.79 Å². The molecule has 35 heavy (non-hydrogen) atoms. The highest BCUT2D eigenvalue weighted by Gasteiger charge is 2.33. The van der Waals surface area contributed by atoms with Crippen molar-refractivity contribution in [2.24, 2.45) is 14.1 Å². The Bertz CT molecular complexity index is 1290. The van der Waals surface area contributed by atoms with E-state index >= 15 is 0 Å². The van der Waals surface area contributed by atoms with Crippen molar-refractivity contribution in [3.8, 4) is 6.07 Å². The number of carbonyl (C=O) groups is 1. The van der Waals surface area contributed by atoms with Gasteiger partial charge in [0.15, 0.2) is 17.5 Å². The third-order valence-electron chi connectivity index (χ3n) is 7.05. The van der Waals surface area contributed by atoms with Gasteiger partial charge in [0.1, 0.15) is 6.17 Å². The summed E-state index contributed by atoms with van der Waals surface area (Å²) in [7, 11) is 3.11. The van der Waals surface area contributed by atoms with Crippen LogP contribution >= 0.6 is 0 Å². The van der Waals surface area contributed by atoms with E-state index in [1.165, 1.54) is 11.6 Å². The van der Waals surface area contributed by atoms with Crippen molar-refractivity contribution in [3.63, 3.8) is 0 Å². The summed E-state index contributed by atoms with van der Waals surface area (Å²) in [5, 5.41) is 12.9. The molecule has 0 aliphatic carbocycles. The summed E-state index contributed by atoms with van der Waals surface area (Å²) >= 11 is 0. The molecule has 0 spiro atoms. The number of allylic oxidation sites excluding steroid dienone is 2. The van der Waals surface area contributed by atoms with E-state index in [1.54, 1.807) is 7.05 Å². The molecule has 2 aromatic heterocycles. The van der Waals surface area contributed by atoms with E-state index in [0.29, 0.717) is 30.2 Å². The standard InChI is InChI=1S/C24H34N8O3/c1-16(2)9-12-32-20-21(28(3)24(35)29(4)22(20)34)27-23(32)30-10-5-7-17(14-30)26-19(15-33)31-11-6-8-18(31)13-25/h9,15,17-19,26H,5-8,10-12,14H2,1-4H3. The maximum atomic E-state index is 13.1. The number of hydrogen-bond donors (Lipinski definition) is 1. The number of hydrogen-bond acceptors (Lipinski definition) is 8. The first kappa shape index (κ1) is 24.9. The summed E-state index contributed by atoms with van der Waals surface area (Å²) in [6.45, 7) is 6.54. The van der Waals surface area contributed by atoms with Crippen LogP contribution in [0.3, 0.4) is 0 Å². The molecule has 1 N–H and O–H groups in total. The molecule has 4 rings (SSSR count). The van der Waals surface area contributed by atoms with Gasteiger partial charge in [-0.25, -0.2) is 4.79 Å². The van der Waals surface area contributed by atoms with E-state index in [0.717, 1.165) is 55.2 Å². The molecule has 0 bridgehead atoms. The Morgan fingerprint density at radius 2 is 1.94 bits per heavy atom. The molecule has 0 amide bonds. The second-order valence-electron chi connectivity index (χ2n) is 9.74. The fourth-order valence-electron chi connectivity index (χ4n) is 5.13. The maximum absolute atomic E-state index is 13.1. The molecule has 11 heteroatoms. The topological polar surface area (TPSA) is 121 Å². The van der Waals surface area contributed by atoms with Crippen molar-refractivity contribution in [2.75, 3.05) is 24.5 Å². The highest BCUT2D eigenvalue weighted by molar-refractivity contribution is 5.74. The Hall–Kier alpha value is -3.23. The molecule has 11 nitrogen and oxygen atoms in total. The SMILES string of the molecule is CC(C)=CCn1c(N2CCCC(NC(C=O)N3CCCC3C#N)C2)nc2c1c(=O)n(C)c(=O)n2C. The van der Waals surface area contributed by atoms with Crippen LogP contribution in [0, 0.1) is 11.3 Å². The first-order chi connectivity index (χ1) is 16.8. The average molecular weight is 483 g/mol. The smallest absolute Gasteiger partial charge is 0.332 e. The van der Waals surface area contributed by atoms with Gasteiger partial charge in [0.05, 0.1) is 12.1 Å². The van der Waals surface area contributed by atoms with Gasteiger partial charge in [0.2, 0.25) is 5.95 Å². The van der Waals surface area contributed by atoms with Crippen LogP contribution in [0.15, 0.2) is 21.2 Å². The van der Waals surface area contributed by atoms with Crippen LogP contribution < -0.4 is 21.5 Å². The van der Waals surface area contributed by atoms with Crippen LogP contribution in [0.4, 0.5) is 5.95 Å². The second kappa shape index (κ2) is 10.2. The molecule has 3 atom stereocenters. The molecule has 0 aromatic carbocycles. The summed E-state index contributed by atoms with van der Waals surface area (Å²) in [4.78, 5) is 46.4. The first-order valence-electron chi connectivity index (χ1n) is 12.2. The fourth-order valence-corrected chi connectivity index (χ4v) is 5.13. The van der Waals surface area contributed by atoms with E-state index in [1.807, 2.05) is 29.4 Å². The van der Waals surface area contributed by atoms with Gasteiger partial charge in [0.25, 0.3) is 5.56 Å². The number of piperidine rings is 1. The highest BCUT2D eigenvalue weighted by Crippen LogP contribution is 2.25. The predicted octanol–water partition coefficient (Wildman–Crippen LogP) is 0.471. The number of imidazole rings is 1. The minimum absolute atomic E-state index is 0.0160. The van der Waals surface area contributed by atoms with Crippen molar-refractivity contribution in [3.05, 3.63) is 32.5 Å². The van der Waals surface area contributed by atoms with E-state index in [-0.39, 0.29) is 17.6 Å². The number of fused-ring (bicyclic) bond motifs is 1. The number of nitrogens with zero attached hydrogens (tertiary/aromatic N) is 7. The Morgan fingerprint density at radius 1 is 1.20 bits per heavy atom. The van der Waals surface area contributed by atoms with Crippen molar-refractivity contribution in [1.29, 1.82) is 5.26 Å². The van der Waals surface area contributed by atoms with Crippen molar-refractivity contribution >= 4 is 23.4 Å². The summed E-state index contributed by atoms with van der Waals surface area (Å²) in [6.07, 6.45) is 5.87. The van der Waals surface area contributed by atoms with Gasteiger partial charge in [-0.3, -0.25) is 24.1 Å². The third-order valence-corrected chi connectivity index (χ3v) is 7.05. The Kier molecular flexibility index (Phi) is 7.23. The van der Waals surface area contributed by atoms with Crippen LogP contribution in [0.5, 0.6) is 0 Å². The van der Waals surface area contributed by atoms with Gasteiger partial charge >= 0.3 is 5.69 Å². The Labute approximate surface area is 204 Å². The van der Waals surface area contributed by atoms with Crippen molar-refractivity contribution in [2.45, 2.75) is 64.3 Å². The summed E-state index contributed by atoms with van der Waals surface area (Å²) < 4.78 is 4.41. The number of likely N-dealkylation sites (tertiary alicyclic amines) is 1. The number of aromatic nitrogens is 4. The Morgan fingerprint density at radius 3 is 2.63 bits per heavy atom. The monoisotopic (exact) mass is 482 g/mol. The number of carbonyl (C=O) groups excluding carboxylic acids is 1. The van der Waals surface area contributed by atoms with Gasteiger partial charge in [0, 0.05) is 46.3 Å². The van der Waals surface area contributed by atoms with Gasteiger partial charge in [-0.05, 0) is 39.5 Å². The lowest BCUT2D eigenvalue weighted by Crippen LogP contribution is -2.56. The molecule has 3 unspecified atom stereocenters. The third kappa shape index (κ3) is 4.68. The van der Waals surface area contributed by atoms with Gasteiger partial charge < -0.3 is 14.3 Å². The minimum atomic E-state index is -0.510. The van der Waals surface area contributed by atoms with Crippen molar-refractivity contribution in [1.82, 2.24) is 28.9 Å². The largest absolute Gasteiger partial charge is 0.341 e. The van der Waals surface area contributed by atoms with Gasteiger partial charge in [-0.1, -0.05) is 11.6 Å². The average Bonchev–Trinajstić information content (AvgIpc) is 3.48. The van der Waals surface area contributed by atoms with Crippen LogP contribution in [0.2, 0.25) is 0 Å². The van der Waals surface area contributed by atoms with E-state index in [2.05, 4.69) is 16.3 Å². The number of anilines is 1. The normalized spacial score (nSPS) is 21.7. The number of nitrogens with one attached hydrogen (secondary N) is 1. The van der Waals surface area contributed by atoms with Gasteiger partial charge in [-0.2, -0.15) is 10.2 Å². The molecule has 4 heterocycles. The molecule has 2 aromatic rings. The summed E-state index contributed by atoms with van der Waals surface area (Å²) in [5.41, 5.74) is 1.10. The van der Waals surface area contributed by atoms with Gasteiger partial charge in [-0.15, -0.1) is 0 Å². The van der Waals surface area contributed by atoms with Crippen LogP contribution in [-0.4, -0.2) is 67.8 Å². The minimum Gasteiger partial charge on any atom is -0.341 e. The summed E-state index contributed by atoms with van der Waals surface area (Å²) in [6, 6.07) is 2.07. The predicted molar refractivity (Wildman–Crippen MR) is 133 cm³/mol. The highest BCUT2D eigenvalue weighted by atomic mass is 16.2. The molecular formula is C24H34N8O3. The lowest BCUT2D eigenvalue weighted by molar-refractivity contribution is -0.113. The number of aryl methyl sites for hydroxylation is 1. The molecule has 0 radical (unpaired) electrons. The number of aldehydes is 1. The van der Waals surface area contributed by atoms with Crippen LogP contribution in [-0.2, 0) is 25.4 Å². The van der Waals surface area contributed by atoms with Crippen LogP contribution in [0.1, 0.15) is 39.5 Å². The quantitative estimate of drug-likeness (QED) is 0.447. The Balaban J connectivity index is 1.68. The number of nitriles is 1. The molecule has 2 aliphatic heterocycles. The molecule has 188 valence electrons. The molecular weight excluding hydrogens is 448 g/mol. The van der Waals surface area contributed by atoms with E-state index in [4.69, 9.17) is 4.98 Å². The first-order valence-corrected chi connectivity index (χ1v) is 12.2. The zero-order chi connectivity index (χ0) is 25.3. The van der Waals surface area contributed by atoms with Crippen LogP contribution in [0.25, 0.3) is 11.2 Å². The number of rotatable bonds is 7. The maximum Gasteiger partial charge on any atom is 0.332 e. The lowest BCUT2D eigenvalue weighted by Gasteiger charge is -2.37. The van der Waals surface area contributed by atoms with E-state index in [9.17, 15) is 19.6 Å². The summed E-state index contributed by atoms with van der Waals surface area (Å²) in [5.74, 6) is 0.640.